The number of halogens is 3. The van der Waals surface area contributed by atoms with Crippen LogP contribution in [0.2, 0.25) is 0 Å². The van der Waals surface area contributed by atoms with Crippen molar-refractivity contribution in [2.75, 3.05) is 44.2 Å². The predicted octanol–water partition coefficient (Wildman–Crippen LogP) is 2.41. The average Bonchev–Trinajstić information content (AvgIpc) is 3.21. The van der Waals surface area contributed by atoms with Crippen molar-refractivity contribution < 1.29 is 21.6 Å². The molecule has 3 heterocycles. The monoisotopic (exact) mass is 457 g/mol. The van der Waals surface area contributed by atoms with Crippen molar-refractivity contribution in [2.45, 2.75) is 30.1 Å². The molecule has 7 nitrogen and oxygen atoms in total. The van der Waals surface area contributed by atoms with E-state index in [4.69, 9.17) is 0 Å². The second-order valence-electron chi connectivity index (χ2n) is 8.08. The lowest BCUT2D eigenvalue weighted by molar-refractivity contribution is -0.137. The molecule has 2 saturated heterocycles. The molecule has 0 amide bonds. The van der Waals surface area contributed by atoms with Crippen LogP contribution in [-0.2, 0) is 23.2 Å². The average molecular weight is 458 g/mol. The van der Waals surface area contributed by atoms with Crippen molar-refractivity contribution in [1.29, 1.82) is 0 Å². The first-order chi connectivity index (χ1) is 14.6. The number of imidazole rings is 1. The Morgan fingerprint density at radius 1 is 1.03 bits per heavy atom. The maximum absolute atomic E-state index is 13.0. The number of piperidine rings is 1. The minimum atomic E-state index is -4.35. The van der Waals surface area contributed by atoms with Crippen LogP contribution in [0.15, 0.2) is 41.8 Å². The molecular formula is C20H26F3N5O2S. The molecule has 0 aliphatic carbocycles. The lowest BCUT2D eigenvalue weighted by Crippen LogP contribution is -2.53. The molecule has 0 saturated carbocycles. The minimum absolute atomic E-state index is 0.0724. The predicted molar refractivity (Wildman–Crippen MR) is 110 cm³/mol. The molecule has 1 aromatic carbocycles. The number of aryl methyl sites for hydroxylation is 1. The summed E-state index contributed by atoms with van der Waals surface area (Å²) >= 11 is 0. The van der Waals surface area contributed by atoms with E-state index in [1.807, 2.05) is 4.90 Å². The molecule has 0 radical (unpaired) electrons. The Morgan fingerprint density at radius 3 is 2.29 bits per heavy atom. The van der Waals surface area contributed by atoms with Gasteiger partial charge in [-0.2, -0.15) is 17.5 Å². The Kier molecular flexibility index (Phi) is 6.01. The second kappa shape index (κ2) is 8.44. The van der Waals surface area contributed by atoms with E-state index in [1.165, 1.54) is 29.0 Å². The van der Waals surface area contributed by atoms with E-state index < -0.39 is 21.8 Å². The van der Waals surface area contributed by atoms with Crippen molar-refractivity contribution in [3.05, 3.63) is 42.4 Å². The fourth-order valence-electron chi connectivity index (χ4n) is 4.33. The van der Waals surface area contributed by atoms with Crippen molar-refractivity contribution in [1.82, 2.24) is 18.8 Å². The number of alkyl halides is 3. The fraction of sp³-hybridized carbons (Fsp3) is 0.550. The van der Waals surface area contributed by atoms with Gasteiger partial charge in [0, 0.05) is 64.2 Å². The third-order valence-electron chi connectivity index (χ3n) is 6.08. The van der Waals surface area contributed by atoms with Crippen LogP contribution >= 0.6 is 0 Å². The standard InChI is InChI=1S/C20H26F3N5O2S/c1-25-14-19(24-15-25)31(29,30)28-7-5-17(6-8-28)26-9-11-27(12-10-26)18-4-2-3-16(13-18)20(21,22)23/h2-4,13-15,17H,5-12H2,1H3. The summed E-state index contributed by atoms with van der Waals surface area (Å²) in [6.07, 6.45) is 0.102. The van der Waals surface area contributed by atoms with Gasteiger partial charge in [0.25, 0.3) is 10.0 Å². The quantitative estimate of drug-likeness (QED) is 0.706. The van der Waals surface area contributed by atoms with E-state index in [0.717, 1.165) is 32.0 Å². The van der Waals surface area contributed by atoms with E-state index in [9.17, 15) is 21.6 Å². The molecule has 31 heavy (non-hydrogen) atoms. The Bertz CT molecular complexity index is 1010. The van der Waals surface area contributed by atoms with E-state index in [1.54, 1.807) is 17.7 Å². The van der Waals surface area contributed by atoms with Gasteiger partial charge in [-0.1, -0.05) is 6.07 Å². The lowest BCUT2D eigenvalue weighted by atomic mass is 10.0. The maximum atomic E-state index is 13.0. The van der Waals surface area contributed by atoms with Crippen LogP contribution in [0.4, 0.5) is 18.9 Å². The number of nitrogens with zero attached hydrogens (tertiary/aromatic N) is 5. The Balaban J connectivity index is 1.32. The zero-order valence-corrected chi connectivity index (χ0v) is 18.1. The van der Waals surface area contributed by atoms with Gasteiger partial charge in [0.05, 0.1) is 11.9 Å². The van der Waals surface area contributed by atoms with Gasteiger partial charge < -0.3 is 9.47 Å². The highest BCUT2D eigenvalue weighted by Gasteiger charge is 2.34. The molecule has 2 aliphatic heterocycles. The van der Waals surface area contributed by atoms with Crippen LogP contribution < -0.4 is 4.90 Å². The van der Waals surface area contributed by atoms with Crippen molar-refractivity contribution in [3.8, 4) is 0 Å². The number of benzene rings is 1. The zero-order chi connectivity index (χ0) is 22.2. The van der Waals surface area contributed by atoms with Crippen molar-refractivity contribution in [2.24, 2.45) is 7.05 Å². The number of rotatable bonds is 4. The number of hydrogen-bond acceptors (Lipinski definition) is 5. The zero-order valence-electron chi connectivity index (χ0n) is 17.3. The van der Waals surface area contributed by atoms with E-state index in [0.29, 0.717) is 31.9 Å². The normalized spacial score (nSPS) is 20.3. The molecule has 0 atom stereocenters. The highest BCUT2D eigenvalue weighted by Crippen LogP contribution is 2.32. The largest absolute Gasteiger partial charge is 0.416 e. The molecule has 170 valence electrons. The van der Waals surface area contributed by atoms with Gasteiger partial charge in [-0.25, -0.2) is 13.4 Å². The molecule has 0 spiro atoms. The van der Waals surface area contributed by atoms with E-state index in [-0.39, 0.29) is 11.1 Å². The summed E-state index contributed by atoms with van der Waals surface area (Å²) in [5.41, 5.74) is -0.0420. The minimum Gasteiger partial charge on any atom is -0.369 e. The molecule has 4 rings (SSSR count). The number of sulfonamides is 1. The number of anilines is 1. The third kappa shape index (κ3) is 4.73. The van der Waals surface area contributed by atoms with Gasteiger partial charge in [-0.05, 0) is 31.0 Å². The maximum Gasteiger partial charge on any atom is 0.416 e. The third-order valence-corrected chi connectivity index (χ3v) is 7.86. The number of piperazine rings is 1. The summed E-state index contributed by atoms with van der Waals surface area (Å²) in [5.74, 6) is 0. The van der Waals surface area contributed by atoms with Gasteiger partial charge in [0.2, 0.25) is 0 Å². The molecule has 11 heteroatoms. The van der Waals surface area contributed by atoms with Crippen LogP contribution in [-0.4, -0.2) is 72.5 Å². The molecule has 2 aromatic rings. The smallest absolute Gasteiger partial charge is 0.369 e. The van der Waals surface area contributed by atoms with Crippen LogP contribution in [0.1, 0.15) is 18.4 Å². The molecule has 0 bridgehead atoms. The molecule has 0 N–H and O–H groups in total. The van der Waals surface area contributed by atoms with Gasteiger partial charge in [0.15, 0.2) is 5.03 Å². The Labute approximate surface area is 180 Å². The summed E-state index contributed by atoms with van der Waals surface area (Å²) in [7, 11) is -1.84. The van der Waals surface area contributed by atoms with Gasteiger partial charge in [-0.15, -0.1) is 0 Å². The molecular weight excluding hydrogens is 431 g/mol. The van der Waals surface area contributed by atoms with Crippen LogP contribution in [0.3, 0.4) is 0 Å². The topological polar surface area (TPSA) is 61.7 Å². The lowest BCUT2D eigenvalue weighted by Gasteiger charge is -2.43. The molecule has 0 unspecified atom stereocenters. The molecule has 2 fully saturated rings. The van der Waals surface area contributed by atoms with Crippen molar-refractivity contribution in [3.63, 3.8) is 0 Å². The van der Waals surface area contributed by atoms with Gasteiger partial charge >= 0.3 is 6.18 Å². The van der Waals surface area contributed by atoms with Crippen LogP contribution in [0, 0.1) is 0 Å². The number of aromatic nitrogens is 2. The Hall–Kier alpha value is -2.11. The van der Waals surface area contributed by atoms with Crippen LogP contribution in [0.25, 0.3) is 0 Å². The highest BCUT2D eigenvalue weighted by molar-refractivity contribution is 7.89. The van der Waals surface area contributed by atoms with E-state index in [2.05, 4.69) is 9.88 Å². The second-order valence-corrected chi connectivity index (χ2v) is 9.97. The summed E-state index contributed by atoms with van der Waals surface area (Å²) in [5, 5.41) is 0.0724. The fourth-order valence-corrected chi connectivity index (χ4v) is 5.76. The molecule has 1 aromatic heterocycles. The Morgan fingerprint density at radius 2 is 1.71 bits per heavy atom. The molecule has 2 aliphatic rings. The summed E-state index contributed by atoms with van der Waals surface area (Å²) in [4.78, 5) is 8.28. The van der Waals surface area contributed by atoms with Gasteiger partial charge in [0.1, 0.15) is 0 Å². The first kappa shape index (κ1) is 22.1. The summed E-state index contributed by atoms with van der Waals surface area (Å²) < 4.78 is 67.5. The summed E-state index contributed by atoms with van der Waals surface area (Å²) in [6.45, 7) is 3.66. The summed E-state index contributed by atoms with van der Waals surface area (Å²) in [6, 6.07) is 5.73. The van der Waals surface area contributed by atoms with Crippen molar-refractivity contribution >= 4 is 15.7 Å². The van der Waals surface area contributed by atoms with Crippen LogP contribution in [0.5, 0.6) is 0 Å². The van der Waals surface area contributed by atoms with E-state index >= 15 is 0 Å². The van der Waals surface area contributed by atoms with Gasteiger partial charge in [-0.3, -0.25) is 4.90 Å². The SMILES string of the molecule is Cn1cnc(S(=O)(=O)N2CCC(N3CCN(c4cccc(C(F)(F)F)c4)CC3)CC2)c1. The first-order valence-electron chi connectivity index (χ1n) is 10.3. The highest BCUT2D eigenvalue weighted by atomic mass is 32.2. The first-order valence-corrected chi connectivity index (χ1v) is 11.7. The number of hydrogen-bond donors (Lipinski definition) is 0.